The van der Waals surface area contributed by atoms with Crippen LogP contribution >= 0.6 is 0 Å². The molecule has 1 aliphatic rings. The Hall–Kier alpha value is -1.76. The highest BCUT2D eigenvalue weighted by Crippen LogP contribution is 2.31. The van der Waals surface area contributed by atoms with Gasteiger partial charge in [0.1, 0.15) is 0 Å². The number of nitrogens with one attached hydrogen (secondary N) is 1. The van der Waals surface area contributed by atoms with E-state index in [1.165, 1.54) is 25.0 Å². The van der Waals surface area contributed by atoms with Crippen molar-refractivity contribution < 1.29 is 13.7 Å². The quantitative estimate of drug-likeness (QED) is 0.646. The van der Waals surface area contributed by atoms with Gasteiger partial charge in [-0.15, -0.1) is 0 Å². The van der Waals surface area contributed by atoms with E-state index in [1.54, 1.807) is 0 Å². The minimum Gasteiger partial charge on any atom is -0.381 e. The molecule has 0 aliphatic carbocycles. The van der Waals surface area contributed by atoms with Crippen LogP contribution in [0.25, 0.3) is 0 Å². The number of hydrogen-bond acceptors (Lipinski definition) is 4. The summed E-state index contributed by atoms with van der Waals surface area (Å²) in [5.74, 6) is 0. The molecule has 21 heavy (non-hydrogen) atoms. The summed E-state index contributed by atoms with van der Waals surface area (Å²) < 4.78 is 26.1. The smallest absolute Gasteiger partial charge is 0.270 e. The summed E-state index contributed by atoms with van der Waals surface area (Å²) in [6, 6.07) is 3.55. The highest BCUT2D eigenvalue weighted by molar-refractivity contribution is 5.57. The van der Waals surface area contributed by atoms with Crippen LogP contribution < -0.4 is 5.32 Å². The van der Waals surface area contributed by atoms with Gasteiger partial charge in [-0.25, -0.2) is 8.78 Å². The molecule has 7 heteroatoms. The molecule has 1 heterocycles. The second kappa shape index (κ2) is 6.80. The zero-order chi connectivity index (χ0) is 15.4. The number of hydrogen-bond donors (Lipinski definition) is 1. The van der Waals surface area contributed by atoms with Gasteiger partial charge in [0.15, 0.2) is 0 Å². The molecule has 1 N–H and O–H groups in total. The molecule has 0 bridgehead atoms. The van der Waals surface area contributed by atoms with E-state index in [1.807, 2.05) is 6.92 Å². The predicted octanol–water partition coefficient (Wildman–Crippen LogP) is 3.43. The number of rotatable bonds is 6. The molecule has 0 amide bonds. The molecule has 1 fully saturated rings. The average molecular weight is 299 g/mol. The van der Waals surface area contributed by atoms with E-state index in [0.717, 1.165) is 25.7 Å². The molecular formula is C14H19F2N3O2. The maximum atomic E-state index is 13.1. The summed E-state index contributed by atoms with van der Waals surface area (Å²) in [7, 11) is 0. The Morgan fingerprint density at radius 1 is 1.38 bits per heavy atom. The largest absolute Gasteiger partial charge is 0.381 e. The van der Waals surface area contributed by atoms with E-state index in [0.29, 0.717) is 0 Å². The molecule has 116 valence electrons. The lowest BCUT2D eigenvalue weighted by atomic mass is 10.1. The normalized spacial score (nSPS) is 17.1. The third-order valence-electron chi connectivity index (χ3n) is 3.61. The van der Waals surface area contributed by atoms with Crippen LogP contribution in [0.4, 0.5) is 20.2 Å². The van der Waals surface area contributed by atoms with Gasteiger partial charge in [-0.05, 0) is 38.9 Å². The number of non-ortho nitro benzene ring substituents is 1. The highest BCUT2D eigenvalue weighted by atomic mass is 19.3. The van der Waals surface area contributed by atoms with E-state index in [2.05, 4.69) is 10.2 Å². The van der Waals surface area contributed by atoms with Crippen LogP contribution in [-0.2, 0) is 0 Å². The van der Waals surface area contributed by atoms with Crippen molar-refractivity contribution in [2.24, 2.45) is 0 Å². The van der Waals surface area contributed by atoms with Crippen LogP contribution in [0.1, 0.15) is 31.8 Å². The summed E-state index contributed by atoms with van der Waals surface area (Å²) in [6.07, 6.45) is -0.398. The number of anilines is 1. The number of nitro benzene ring substituents is 1. The zero-order valence-electron chi connectivity index (χ0n) is 11.9. The molecule has 0 spiro atoms. The van der Waals surface area contributed by atoms with Crippen LogP contribution in [0.15, 0.2) is 18.2 Å². The SMILES string of the molecule is CC(CN1CCCC1)Nc1ccc([N+](=O)[O-])cc1C(F)F. The van der Waals surface area contributed by atoms with Gasteiger partial charge in [0, 0.05) is 36.0 Å². The molecule has 1 unspecified atom stereocenters. The summed E-state index contributed by atoms with van der Waals surface area (Å²) in [4.78, 5) is 12.3. The highest BCUT2D eigenvalue weighted by Gasteiger charge is 2.20. The van der Waals surface area contributed by atoms with Crippen molar-refractivity contribution in [2.75, 3.05) is 25.0 Å². The Morgan fingerprint density at radius 2 is 2.05 bits per heavy atom. The van der Waals surface area contributed by atoms with Crippen molar-refractivity contribution in [3.05, 3.63) is 33.9 Å². The first-order valence-electron chi connectivity index (χ1n) is 7.02. The number of alkyl halides is 2. The lowest BCUT2D eigenvalue weighted by molar-refractivity contribution is -0.385. The third-order valence-corrected chi connectivity index (χ3v) is 3.61. The molecular weight excluding hydrogens is 280 g/mol. The van der Waals surface area contributed by atoms with E-state index in [-0.39, 0.29) is 23.0 Å². The Labute approximate surface area is 122 Å². The van der Waals surface area contributed by atoms with Crippen LogP contribution in [0.2, 0.25) is 0 Å². The van der Waals surface area contributed by atoms with E-state index < -0.39 is 11.3 Å². The third kappa shape index (κ3) is 4.10. The number of likely N-dealkylation sites (tertiary alicyclic amines) is 1. The second-order valence-electron chi connectivity index (χ2n) is 5.38. The molecule has 2 rings (SSSR count). The maximum Gasteiger partial charge on any atom is 0.270 e. The van der Waals surface area contributed by atoms with E-state index in [9.17, 15) is 18.9 Å². The maximum absolute atomic E-state index is 13.1. The predicted molar refractivity (Wildman–Crippen MR) is 76.8 cm³/mol. The van der Waals surface area contributed by atoms with Crippen molar-refractivity contribution in [1.29, 1.82) is 0 Å². The first-order valence-corrected chi connectivity index (χ1v) is 7.02. The van der Waals surface area contributed by atoms with Crippen molar-refractivity contribution in [2.45, 2.75) is 32.2 Å². The molecule has 0 saturated carbocycles. The lowest BCUT2D eigenvalue weighted by Gasteiger charge is -2.23. The van der Waals surface area contributed by atoms with Crippen molar-refractivity contribution >= 4 is 11.4 Å². The van der Waals surface area contributed by atoms with Gasteiger partial charge in [0.25, 0.3) is 12.1 Å². The minimum absolute atomic E-state index is 0.00190. The van der Waals surface area contributed by atoms with Gasteiger partial charge in [-0.3, -0.25) is 10.1 Å². The Kier molecular flexibility index (Phi) is 5.06. The first kappa shape index (κ1) is 15.6. The fourth-order valence-corrected chi connectivity index (χ4v) is 2.64. The fraction of sp³-hybridized carbons (Fsp3) is 0.571. The zero-order valence-corrected chi connectivity index (χ0v) is 11.9. The van der Waals surface area contributed by atoms with Gasteiger partial charge in [-0.2, -0.15) is 0 Å². The molecule has 1 aliphatic heterocycles. The van der Waals surface area contributed by atoms with E-state index in [4.69, 9.17) is 0 Å². The van der Waals surface area contributed by atoms with Gasteiger partial charge in [0.2, 0.25) is 0 Å². The number of halogens is 2. The van der Waals surface area contributed by atoms with Crippen LogP contribution in [0.5, 0.6) is 0 Å². The molecule has 0 radical (unpaired) electrons. The second-order valence-corrected chi connectivity index (χ2v) is 5.38. The van der Waals surface area contributed by atoms with Crippen LogP contribution in [0, 0.1) is 10.1 Å². The van der Waals surface area contributed by atoms with E-state index >= 15 is 0 Å². The topological polar surface area (TPSA) is 58.4 Å². The molecule has 1 aromatic rings. The van der Waals surface area contributed by atoms with Gasteiger partial charge >= 0.3 is 0 Å². The average Bonchev–Trinajstić information content (AvgIpc) is 2.91. The molecule has 1 saturated heterocycles. The van der Waals surface area contributed by atoms with Gasteiger partial charge in [0.05, 0.1) is 4.92 Å². The summed E-state index contributed by atoms with van der Waals surface area (Å²) in [5.41, 5.74) is -0.372. The Morgan fingerprint density at radius 3 is 2.62 bits per heavy atom. The van der Waals surface area contributed by atoms with Crippen molar-refractivity contribution in [3.8, 4) is 0 Å². The molecule has 1 atom stereocenters. The first-order chi connectivity index (χ1) is 9.97. The monoisotopic (exact) mass is 299 g/mol. The number of benzene rings is 1. The van der Waals surface area contributed by atoms with Crippen LogP contribution in [-0.4, -0.2) is 35.5 Å². The number of nitrogens with zero attached hydrogens (tertiary/aromatic N) is 2. The summed E-state index contributed by atoms with van der Waals surface area (Å²) in [6.45, 7) is 4.77. The van der Waals surface area contributed by atoms with Gasteiger partial charge in [-0.1, -0.05) is 0 Å². The standard InChI is InChI=1S/C14H19F2N3O2/c1-10(9-18-6-2-3-7-18)17-13-5-4-11(19(20)21)8-12(13)14(15)16/h4-5,8,10,14,17H,2-3,6-7,9H2,1H3. The van der Waals surface area contributed by atoms with Crippen molar-refractivity contribution in [3.63, 3.8) is 0 Å². The van der Waals surface area contributed by atoms with Gasteiger partial charge < -0.3 is 10.2 Å². The fourth-order valence-electron chi connectivity index (χ4n) is 2.64. The minimum atomic E-state index is -2.74. The number of nitro groups is 1. The Bertz CT molecular complexity index is 505. The molecule has 1 aromatic carbocycles. The van der Waals surface area contributed by atoms with Crippen molar-refractivity contribution in [1.82, 2.24) is 4.90 Å². The summed E-state index contributed by atoms with van der Waals surface area (Å²) >= 11 is 0. The Balaban J connectivity index is 2.08. The molecule has 5 nitrogen and oxygen atoms in total. The summed E-state index contributed by atoms with van der Waals surface area (Å²) in [5, 5.41) is 13.7. The molecule has 0 aromatic heterocycles. The van der Waals surface area contributed by atoms with Crippen LogP contribution in [0.3, 0.4) is 0 Å². The lowest BCUT2D eigenvalue weighted by Crippen LogP contribution is -2.33.